The molecule has 0 saturated carbocycles. The minimum absolute atomic E-state index is 0. The predicted octanol–water partition coefficient (Wildman–Crippen LogP) is 1.57. The average Bonchev–Trinajstić information content (AvgIpc) is 2.89. The average molecular weight is 441 g/mol. The second-order valence-corrected chi connectivity index (χ2v) is 7.93. The number of hydrogen-bond donors (Lipinski definition) is 0. The van der Waals surface area contributed by atoms with Crippen molar-refractivity contribution < 1.29 is 26.3 Å². The molecule has 148 valence electrons. The maximum Gasteiger partial charge on any atom is 0.191 e. The van der Waals surface area contributed by atoms with Gasteiger partial charge in [-0.1, -0.05) is 42.5 Å². The van der Waals surface area contributed by atoms with E-state index in [-0.39, 0.29) is 22.8 Å². The van der Waals surface area contributed by atoms with Gasteiger partial charge in [-0.15, -0.1) is 0 Å². The quantitative estimate of drug-likeness (QED) is 0.639. The first-order valence-corrected chi connectivity index (χ1v) is 10.0. The summed E-state index contributed by atoms with van der Waals surface area (Å²) in [6.45, 7) is 5.61. The zero-order valence-electron chi connectivity index (χ0n) is 16.7. The molecule has 3 nitrogen and oxygen atoms in total. The summed E-state index contributed by atoms with van der Waals surface area (Å²) in [5.41, 5.74) is 3.88. The molecule has 0 aliphatic carbocycles. The Bertz CT molecular complexity index is 818. The third-order valence-electron chi connectivity index (χ3n) is 5.79. The Morgan fingerprint density at radius 1 is 1.00 bits per heavy atom. The lowest BCUT2D eigenvalue weighted by molar-refractivity contribution is -0.932. The second kappa shape index (κ2) is 10.5. The van der Waals surface area contributed by atoms with Gasteiger partial charge in [0.25, 0.3) is 0 Å². The highest BCUT2D eigenvalue weighted by atomic mass is 79.9. The summed E-state index contributed by atoms with van der Waals surface area (Å²) in [7, 11) is 0. The number of nitriles is 1. The van der Waals surface area contributed by atoms with Crippen LogP contribution >= 0.6 is 0 Å². The van der Waals surface area contributed by atoms with Crippen molar-refractivity contribution in [2.24, 2.45) is 0 Å². The van der Waals surface area contributed by atoms with Crippen LogP contribution in [0.3, 0.4) is 0 Å². The maximum atomic E-state index is 13.1. The van der Waals surface area contributed by atoms with Crippen molar-refractivity contribution in [1.82, 2.24) is 0 Å². The van der Waals surface area contributed by atoms with E-state index in [9.17, 15) is 10.1 Å². The lowest BCUT2D eigenvalue weighted by Gasteiger charge is -2.37. The zero-order valence-corrected chi connectivity index (χ0v) is 18.2. The van der Waals surface area contributed by atoms with Crippen LogP contribution in [0.15, 0.2) is 48.5 Å². The lowest BCUT2D eigenvalue weighted by atomic mass is 9.97. The molecule has 1 heterocycles. The largest absolute Gasteiger partial charge is 1.00 e. The minimum atomic E-state index is 0. The molecule has 0 N–H and O–H groups in total. The summed E-state index contributed by atoms with van der Waals surface area (Å²) in [6.07, 6.45) is 5.27. The molecule has 0 aromatic heterocycles. The van der Waals surface area contributed by atoms with Crippen molar-refractivity contribution in [3.05, 3.63) is 70.8 Å². The standard InChI is InChI=1S/C24H29N2O.BrH/c1-20-10-9-13-22(17-25)24(20)16-23(27)19-26(14-7-2-3-8-15-26)18-21-11-5-4-6-12-21;/h4-6,9-13H,2-3,7-8,14-16,18-19H2,1H3;1H/q+1;/p-1. The van der Waals surface area contributed by atoms with Gasteiger partial charge in [0.2, 0.25) is 0 Å². The van der Waals surface area contributed by atoms with E-state index in [1.165, 1.54) is 31.2 Å². The first-order chi connectivity index (χ1) is 13.1. The number of benzene rings is 2. The molecule has 0 spiro atoms. The van der Waals surface area contributed by atoms with Gasteiger partial charge in [-0.05, 0) is 49.8 Å². The van der Waals surface area contributed by atoms with E-state index in [2.05, 4.69) is 30.3 Å². The van der Waals surface area contributed by atoms with Crippen molar-refractivity contribution in [2.45, 2.75) is 45.6 Å². The van der Waals surface area contributed by atoms with Crippen LogP contribution in [-0.4, -0.2) is 29.9 Å². The Balaban J connectivity index is 0.00000280. The summed E-state index contributed by atoms with van der Waals surface area (Å²) in [5, 5.41) is 9.39. The molecule has 1 aliphatic heterocycles. The number of likely N-dealkylation sites (tertiary alicyclic amines) is 1. The molecule has 0 bridgehead atoms. The number of aryl methyl sites for hydroxylation is 1. The number of quaternary nitrogens is 1. The smallest absolute Gasteiger partial charge is 0.191 e. The normalized spacial score (nSPS) is 15.7. The molecule has 1 saturated heterocycles. The Morgan fingerprint density at radius 3 is 2.32 bits per heavy atom. The SMILES string of the molecule is Cc1cccc(C#N)c1CC(=O)C[N+]1(Cc2ccccc2)CCCCCC1.[Br-]. The van der Waals surface area contributed by atoms with Crippen molar-refractivity contribution in [2.75, 3.05) is 19.6 Å². The van der Waals surface area contributed by atoms with Gasteiger partial charge in [0.1, 0.15) is 13.1 Å². The topological polar surface area (TPSA) is 40.9 Å². The molecule has 4 heteroatoms. The summed E-state index contributed by atoms with van der Waals surface area (Å²) in [5.74, 6) is 0.249. The number of rotatable bonds is 6. The molecule has 3 rings (SSSR count). The van der Waals surface area contributed by atoms with E-state index in [0.717, 1.165) is 35.2 Å². The van der Waals surface area contributed by atoms with E-state index >= 15 is 0 Å². The van der Waals surface area contributed by atoms with Gasteiger partial charge < -0.3 is 21.5 Å². The molecule has 0 unspecified atom stereocenters. The van der Waals surface area contributed by atoms with Crippen LogP contribution in [0.2, 0.25) is 0 Å². The molecular formula is C24H29BrN2O. The number of halogens is 1. The number of carbonyl (C=O) groups excluding carboxylic acids is 1. The highest BCUT2D eigenvalue weighted by Crippen LogP contribution is 2.23. The highest BCUT2D eigenvalue weighted by molar-refractivity contribution is 5.83. The minimum Gasteiger partial charge on any atom is -1.00 e. The van der Waals surface area contributed by atoms with Crippen LogP contribution in [0.1, 0.15) is 47.9 Å². The molecule has 2 aromatic rings. The summed E-state index contributed by atoms with van der Waals surface area (Å²) in [6, 6.07) is 18.5. The van der Waals surface area contributed by atoms with Crippen LogP contribution < -0.4 is 17.0 Å². The Hall–Kier alpha value is -1.96. The number of carbonyl (C=O) groups is 1. The van der Waals surface area contributed by atoms with Gasteiger partial charge in [0, 0.05) is 12.0 Å². The molecule has 28 heavy (non-hydrogen) atoms. The number of Topliss-reactive ketones (excluding diaryl/α,β-unsaturated/α-hetero) is 1. The monoisotopic (exact) mass is 440 g/mol. The van der Waals surface area contributed by atoms with Crippen molar-refractivity contribution in [1.29, 1.82) is 5.26 Å². The fourth-order valence-electron chi connectivity index (χ4n) is 4.37. The van der Waals surface area contributed by atoms with Crippen LogP contribution in [0.25, 0.3) is 0 Å². The van der Waals surface area contributed by atoms with Crippen molar-refractivity contribution >= 4 is 5.78 Å². The van der Waals surface area contributed by atoms with Crippen LogP contribution in [0.5, 0.6) is 0 Å². The molecule has 0 amide bonds. The third-order valence-corrected chi connectivity index (χ3v) is 5.79. The first kappa shape index (κ1) is 22.3. The van der Waals surface area contributed by atoms with Gasteiger partial charge in [-0.2, -0.15) is 5.26 Å². The Labute approximate surface area is 179 Å². The van der Waals surface area contributed by atoms with E-state index in [0.29, 0.717) is 18.5 Å². The van der Waals surface area contributed by atoms with E-state index < -0.39 is 0 Å². The molecule has 0 radical (unpaired) electrons. The lowest BCUT2D eigenvalue weighted by Crippen LogP contribution is -3.00. The summed E-state index contributed by atoms with van der Waals surface area (Å²) >= 11 is 0. The number of ketones is 1. The zero-order chi connectivity index (χ0) is 19.1. The van der Waals surface area contributed by atoms with E-state index in [4.69, 9.17) is 0 Å². The van der Waals surface area contributed by atoms with Crippen LogP contribution in [-0.2, 0) is 17.8 Å². The van der Waals surface area contributed by atoms with Gasteiger partial charge in [-0.3, -0.25) is 4.79 Å². The summed E-state index contributed by atoms with van der Waals surface area (Å²) < 4.78 is 0.858. The summed E-state index contributed by atoms with van der Waals surface area (Å²) in [4.78, 5) is 13.1. The molecule has 1 aliphatic rings. The van der Waals surface area contributed by atoms with Crippen LogP contribution in [0, 0.1) is 18.3 Å². The Kier molecular flexibility index (Phi) is 8.41. The van der Waals surface area contributed by atoms with Gasteiger partial charge in [-0.25, -0.2) is 0 Å². The number of hydrogen-bond acceptors (Lipinski definition) is 2. The van der Waals surface area contributed by atoms with Gasteiger partial charge in [0.05, 0.1) is 24.7 Å². The Morgan fingerprint density at radius 2 is 1.68 bits per heavy atom. The van der Waals surface area contributed by atoms with E-state index in [1.54, 1.807) is 0 Å². The maximum absolute atomic E-state index is 13.1. The van der Waals surface area contributed by atoms with Crippen molar-refractivity contribution in [3.8, 4) is 6.07 Å². The second-order valence-electron chi connectivity index (χ2n) is 7.93. The van der Waals surface area contributed by atoms with Gasteiger partial charge >= 0.3 is 0 Å². The van der Waals surface area contributed by atoms with E-state index in [1.807, 2.05) is 31.2 Å². The third kappa shape index (κ3) is 5.77. The highest BCUT2D eigenvalue weighted by Gasteiger charge is 2.32. The predicted molar refractivity (Wildman–Crippen MR) is 108 cm³/mol. The molecular weight excluding hydrogens is 412 g/mol. The molecule has 2 aromatic carbocycles. The molecule has 1 fully saturated rings. The van der Waals surface area contributed by atoms with Gasteiger partial charge in [0.15, 0.2) is 5.78 Å². The number of nitrogens with zero attached hydrogens (tertiary/aromatic N) is 2. The first-order valence-electron chi connectivity index (χ1n) is 10.0. The van der Waals surface area contributed by atoms with Crippen molar-refractivity contribution in [3.63, 3.8) is 0 Å². The fourth-order valence-corrected chi connectivity index (χ4v) is 4.37. The fraction of sp³-hybridized carbons (Fsp3) is 0.417. The van der Waals surface area contributed by atoms with Crippen LogP contribution in [0.4, 0.5) is 0 Å². The molecule has 0 atom stereocenters.